The number of methoxy groups -OCH3 is 1. The summed E-state index contributed by atoms with van der Waals surface area (Å²) in [5, 5.41) is 3.45. The highest BCUT2D eigenvalue weighted by atomic mass is 79.9. The van der Waals surface area contributed by atoms with E-state index in [-0.39, 0.29) is 0 Å². The molecule has 0 aromatic heterocycles. The van der Waals surface area contributed by atoms with E-state index < -0.39 is 0 Å². The van der Waals surface area contributed by atoms with Gasteiger partial charge in [0.15, 0.2) is 0 Å². The van der Waals surface area contributed by atoms with E-state index >= 15 is 0 Å². The molecule has 2 fully saturated rings. The van der Waals surface area contributed by atoms with E-state index in [0.29, 0.717) is 11.8 Å². The Balaban J connectivity index is 1.79. The third kappa shape index (κ3) is 4.47. The molecule has 3 rings (SSSR count). The molecule has 0 bridgehead atoms. The normalized spacial score (nSPS) is 22.0. The first-order valence-corrected chi connectivity index (χ1v) is 9.41. The average molecular weight is 383 g/mol. The van der Waals surface area contributed by atoms with E-state index in [1.807, 2.05) is 0 Å². The first-order chi connectivity index (χ1) is 11.3. The molecular formula is C18H27BrN2O2. The third-order valence-corrected chi connectivity index (χ3v) is 5.72. The van der Waals surface area contributed by atoms with Gasteiger partial charge in [0.1, 0.15) is 5.75 Å². The summed E-state index contributed by atoms with van der Waals surface area (Å²) in [6, 6.07) is 6.58. The number of halogens is 1. The molecule has 4 nitrogen and oxygen atoms in total. The Bertz CT molecular complexity index is 500. The fraction of sp³-hybridized carbons (Fsp3) is 0.667. The summed E-state index contributed by atoms with van der Waals surface area (Å²) in [4.78, 5) is 2.61. The van der Waals surface area contributed by atoms with Crippen LogP contribution in [0.4, 0.5) is 0 Å². The molecule has 0 spiro atoms. The van der Waals surface area contributed by atoms with Gasteiger partial charge < -0.3 is 19.7 Å². The van der Waals surface area contributed by atoms with E-state index in [4.69, 9.17) is 9.47 Å². The Morgan fingerprint density at radius 3 is 2.70 bits per heavy atom. The van der Waals surface area contributed by atoms with Crippen LogP contribution >= 0.6 is 15.9 Å². The quantitative estimate of drug-likeness (QED) is 0.848. The molecule has 1 atom stereocenters. The molecule has 2 aliphatic heterocycles. The molecule has 0 saturated carbocycles. The van der Waals surface area contributed by atoms with Crippen molar-refractivity contribution in [1.29, 1.82) is 0 Å². The van der Waals surface area contributed by atoms with E-state index in [0.717, 1.165) is 56.2 Å². The average Bonchev–Trinajstić information content (AvgIpc) is 2.61. The van der Waals surface area contributed by atoms with Gasteiger partial charge in [-0.3, -0.25) is 0 Å². The second-order valence-electron chi connectivity index (χ2n) is 6.50. The Labute approximate surface area is 147 Å². The number of nitrogens with one attached hydrogen (secondary N) is 1. The monoisotopic (exact) mass is 382 g/mol. The van der Waals surface area contributed by atoms with Gasteiger partial charge >= 0.3 is 0 Å². The van der Waals surface area contributed by atoms with Crippen LogP contribution in [-0.2, 0) is 4.74 Å². The van der Waals surface area contributed by atoms with Crippen molar-refractivity contribution in [2.45, 2.75) is 18.8 Å². The molecule has 1 aromatic carbocycles. The van der Waals surface area contributed by atoms with Gasteiger partial charge in [-0.1, -0.05) is 6.07 Å². The van der Waals surface area contributed by atoms with Crippen molar-refractivity contribution < 1.29 is 9.47 Å². The van der Waals surface area contributed by atoms with E-state index in [1.54, 1.807) is 7.11 Å². The molecule has 1 aromatic rings. The van der Waals surface area contributed by atoms with Crippen LogP contribution in [0.1, 0.15) is 24.3 Å². The van der Waals surface area contributed by atoms with Crippen LogP contribution in [0.2, 0.25) is 0 Å². The molecule has 0 radical (unpaired) electrons. The highest BCUT2D eigenvalue weighted by molar-refractivity contribution is 9.10. The second-order valence-corrected chi connectivity index (χ2v) is 7.36. The summed E-state index contributed by atoms with van der Waals surface area (Å²) >= 11 is 3.65. The summed E-state index contributed by atoms with van der Waals surface area (Å²) < 4.78 is 12.0. The van der Waals surface area contributed by atoms with Crippen LogP contribution in [-0.4, -0.2) is 57.9 Å². The predicted molar refractivity (Wildman–Crippen MR) is 96.3 cm³/mol. The largest absolute Gasteiger partial charge is 0.496 e. The Hall–Kier alpha value is -0.620. The number of benzene rings is 1. The van der Waals surface area contributed by atoms with Gasteiger partial charge in [-0.25, -0.2) is 0 Å². The number of piperazine rings is 1. The van der Waals surface area contributed by atoms with Gasteiger partial charge in [0.2, 0.25) is 0 Å². The fourth-order valence-electron chi connectivity index (χ4n) is 3.73. The molecular weight excluding hydrogens is 356 g/mol. The van der Waals surface area contributed by atoms with E-state index in [1.165, 1.54) is 18.4 Å². The topological polar surface area (TPSA) is 33.7 Å². The van der Waals surface area contributed by atoms with Crippen molar-refractivity contribution in [2.24, 2.45) is 5.92 Å². The molecule has 0 amide bonds. The first-order valence-electron chi connectivity index (χ1n) is 8.62. The Kier molecular flexibility index (Phi) is 6.34. The lowest BCUT2D eigenvalue weighted by Crippen LogP contribution is -2.46. The van der Waals surface area contributed by atoms with Crippen LogP contribution < -0.4 is 10.1 Å². The maximum absolute atomic E-state index is 5.58. The molecule has 23 heavy (non-hydrogen) atoms. The van der Waals surface area contributed by atoms with Crippen molar-refractivity contribution >= 4 is 15.9 Å². The summed E-state index contributed by atoms with van der Waals surface area (Å²) in [5.41, 5.74) is 1.42. The number of hydrogen-bond acceptors (Lipinski definition) is 4. The first kappa shape index (κ1) is 17.2. The summed E-state index contributed by atoms with van der Waals surface area (Å²) in [7, 11) is 1.72. The van der Waals surface area contributed by atoms with Crippen molar-refractivity contribution in [1.82, 2.24) is 10.2 Å². The van der Waals surface area contributed by atoms with E-state index in [9.17, 15) is 0 Å². The lowest BCUT2D eigenvalue weighted by molar-refractivity contribution is 0.0515. The molecule has 2 aliphatic rings. The minimum atomic E-state index is 0.569. The van der Waals surface area contributed by atoms with Gasteiger partial charge in [0.05, 0.1) is 11.6 Å². The van der Waals surface area contributed by atoms with Crippen LogP contribution in [0.5, 0.6) is 5.75 Å². The van der Waals surface area contributed by atoms with Gasteiger partial charge in [-0.15, -0.1) is 0 Å². The van der Waals surface area contributed by atoms with Crippen molar-refractivity contribution in [3.05, 3.63) is 28.2 Å². The molecule has 2 heterocycles. The molecule has 0 aliphatic carbocycles. The van der Waals surface area contributed by atoms with Gasteiger partial charge in [0, 0.05) is 45.9 Å². The smallest absolute Gasteiger partial charge is 0.133 e. The number of hydrogen-bond donors (Lipinski definition) is 1. The maximum atomic E-state index is 5.58. The zero-order chi connectivity index (χ0) is 16.1. The number of ether oxygens (including phenoxy) is 2. The SMILES string of the molecule is COc1ccc(C(CN2CCNCC2)C2CCOCC2)cc1Br. The fourth-order valence-corrected chi connectivity index (χ4v) is 4.29. The molecule has 1 unspecified atom stereocenters. The standard InChI is InChI=1S/C18H27BrN2O2/c1-22-18-3-2-15(12-17(18)19)16(14-4-10-23-11-5-14)13-21-8-6-20-7-9-21/h2-3,12,14,16,20H,4-11,13H2,1H3. The zero-order valence-corrected chi connectivity index (χ0v) is 15.5. The second kappa shape index (κ2) is 8.47. The number of nitrogens with zero attached hydrogens (tertiary/aromatic N) is 1. The number of rotatable bonds is 5. The van der Waals surface area contributed by atoms with Gasteiger partial charge in [-0.05, 0) is 58.3 Å². The zero-order valence-electron chi connectivity index (χ0n) is 13.9. The van der Waals surface area contributed by atoms with Crippen molar-refractivity contribution in [2.75, 3.05) is 53.0 Å². The maximum Gasteiger partial charge on any atom is 0.133 e. The van der Waals surface area contributed by atoms with Gasteiger partial charge in [-0.2, -0.15) is 0 Å². The highest BCUT2D eigenvalue weighted by Gasteiger charge is 2.28. The van der Waals surface area contributed by atoms with Crippen molar-refractivity contribution in [3.63, 3.8) is 0 Å². The van der Waals surface area contributed by atoms with Crippen LogP contribution in [0, 0.1) is 5.92 Å². The molecule has 2 saturated heterocycles. The van der Waals surface area contributed by atoms with Crippen LogP contribution in [0.3, 0.4) is 0 Å². The Morgan fingerprint density at radius 1 is 1.30 bits per heavy atom. The van der Waals surface area contributed by atoms with Crippen LogP contribution in [0.25, 0.3) is 0 Å². The summed E-state index contributed by atoms with van der Waals surface area (Å²) in [6.45, 7) is 7.46. The molecule has 128 valence electrons. The third-order valence-electron chi connectivity index (χ3n) is 5.10. The van der Waals surface area contributed by atoms with Crippen molar-refractivity contribution in [3.8, 4) is 5.75 Å². The minimum absolute atomic E-state index is 0.569. The summed E-state index contributed by atoms with van der Waals surface area (Å²) in [6.07, 6.45) is 2.33. The Morgan fingerprint density at radius 2 is 2.04 bits per heavy atom. The van der Waals surface area contributed by atoms with Gasteiger partial charge in [0.25, 0.3) is 0 Å². The highest BCUT2D eigenvalue weighted by Crippen LogP contribution is 2.36. The predicted octanol–water partition coefficient (Wildman–Crippen LogP) is 2.87. The lowest BCUT2D eigenvalue weighted by atomic mass is 9.81. The summed E-state index contributed by atoms with van der Waals surface area (Å²) in [5.74, 6) is 2.18. The molecule has 1 N–H and O–H groups in total. The molecule has 5 heteroatoms. The lowest BCUT2D eigenvalue weighted by Gasteiger charge is -2.36. The van der Waals surface area contributed by atoms with Crippen LogP contribution in [0.15, 0.2) is 22.7 Å². The minimum Gasteiger partial charge on any atom is -0.496 e. The van der Waals surface area contributed by atoms with E-state index in [2.05, 4.69) is 44.3 Å².